The molecule has 14 nitrogen and oxygen atoms in total. The van der Waals surface area contributed by atoms with Crippen molar-refractivity contribution in [2.45, 2.75) is 6.92 Å². The number of phenolic OH excluding ortho intramolecular Hbond substituents is 4. The van der Waals surface area contributed by atoms with Gasteiger partial charge in [0, 0.05) is 59.7 Å². The minimum absolute atomic E-state index is 0. The van der Waals surface area contributed by atoms with Crippen LogP contribution in [0.3, 0.4) is 0 Å². The third kappa shape index (κ3) is 17.4. The fraction of sp³-hybridized carbons (Fsp3) is 0.0250. The van der Waals surface area contributed by atoms with Crippen LogP contribution < -0.4 is 0 Å². The van der Waals surface area contributed by atoms with Crippen LogP contribution in [0, 0.1) is 0 Å². The van der Waals surface area contributed by atoms with Crippen molar-refractivity contribution in [1.29, 1.82) is 0 Å². The number of carboxylic acids is 5. The van der Waals surface area contributed by atoms with E-state index in [2.05, 4.69) is 0 Å². The van der Waals surface area contributed by atoms with E-state index in [9.17, 15) is 24.3 Å². The summed E-state index contributed by atoms with van der Waals surface area (Å²) in [5.41, 5.74) is 2.63. The first kappa shape index (κ1) is 46.8. The number of aromatic hydroxyl groups is 4. The molecular weight excluding hydrogens is 744 g/mol. The van der Waals surface area contributed by atoms with Crippen LogP contribution in [0.25, 0.3) is 21.9 Å². The van der Waals surface area contributed by atoms with Gasteiger partial charge in [0.15, 0.2) is 0 Å². The molecule has 0 aliphatic heterocycles. The first-order valence-electron chi connectivity index (χ1n) is 15.3. The van der Waals surface area contributed by atoms with Crippen LogP contribution in [-0.4, -0.2) is 127 Å². The Morgan fingerprint density at radius 1 is 0.364 bits per heavy atom. The van der Waals surface area contributed by atoms with Crippen LogP contribution >= 0.6 is 0 Å². The molecule has 9 N–H and O–H groups in total. The van der Waals surface area contributed by atoms with E-state index in [0.29, 0.717) is 0 Å². The molecule has 0 fully saturated rings. The Balaban J connectivity index is 0.000000694. The smallest absolute Gasteiger partial charge is 0.335 e. The van der Waals surface area contributed by atoms with E-state index in [1.54, 1.807) is 48.5 Å². The third-order valence-corrected chi connectivity index (χ3v) is 6.63. The van der Waals surface area contributed by atoms with E-state index in [1.807, 2.05) is 24.3 Å². The van der Waals surface area contributed by atoms with Crippen molar-refractivity contribution in [3.8, 4) is 34.1 Å². The van der Waals surface area contributed by atoms with Crippen molar-refractivity contribution < 1.29 is 71.4 Å². The Morgan fingerprint density at radius 3 is 0.927 bits per heavy atom. The van der Waals surface area contributed by atoms with Gasteiger partial charge in [0.2, 0.25) is 0 Å². The van der Waals surface area contributed by atoms with Crippen molar-refractivity contribution in [2.24, 2.45) is 0 Å². The molecule has 15 heteroatoms. The predicted octanol–water partition coefficient (Wildman–Crippen LogP) is 7.14. The summed E-state index contributed by atoms with van der Waals surface area (Å²) in [5.74, 6) is -4.12. The van der Waals surface area contributed by atoms with Crippen molar-refractivity contribution in [3.63, 3.8) is 0 Å². The molecule has 0 saturated carbocycles. The maximum absolute atomic E-state index is 10.7. The second kappa shape index (κ2) is 23.4. The molecule has 0 aliphatic carbocycles. The van der Waals surface area contributed by atoms with Crippen LogP contribution in [0.4, 0.5) is 0 Å². The summed E-state index contributed by atoms with van der Waals surface area (Å²) in [5, 5.41) is 79.3. The monoisotopic (exact) mass is 779 g/mol. The quantitative estimate of drug-likeness (QED) is 0.0788. The van der Waals surface area contributed by atoms with Crippen LogP contribution in [-0.2, 0) is 4.79 Å². The molecule has 6 aromatic rings. The second-order valence-electron chi connectivity index (χ2n) is 10.7. The van der Waals surface area contributed by atoms with Gasteiger partial charge in [-0.1, -0.05) is 36.4 Å². The average Bonchev–Trinajstić information content (AvgIpc) is 3.13. The number of benzene rings is 6. The van der Waals surface area contributed by atoms with E-state index in [1.165, 1.54) is 60.7 Å². The van der Waals surface area contributed by atoms with Gasteiger partial charge in [-0.2, -0.15) is 0 Å². The Bertz CT molecular complexity index is 2110. The van der Waals surface area contributed by atoms with Crippen LogP contribution in [0.15, 0.2) is 133 Å². The molecule has 0 aliphatic rings. The fourth-order valence-electron chi connectivity index (χ4n) is 4.03. The summed E-state index contributed by atoms with van der Waals surface area (Å²) in [7, 11) is 0. The van der Waals surface area contributed by atoms with Crippen molar-refractivity contribution in [2.75, 3.05) is 0 Å². The molecule has 0 aromatic heterocycles. The molecule has 1 radical (unpaired) electrons. The molecular formula is C40H36KO14. The van der Waals surface area contributed by atoms with Gasteiger partial charge in [0.1, 0.15) is 23.0 Å². The predicted molar refractivity (Wildman–Crippen MR) is 204 cm³/mol. The molecule has 0 spiro atoms. The van der Waals surface area contributed by atoms with Crippen LogP contribution in [0.5, 0.6) is 23.0 Å². The fourth-order valence-corrected chi connectivity index (χ4v) is 4.03. The zero-order chi connectivity index (χ0) is 40.4. The third-order valence-electron chi connectivity index (χ3n) is 6.63. The van der Waals surface area contributed by atoms with Crippen LogP contribution in [0.1, 0.15) is 49.8 Å². The van der Waals surface area contributed by atoms with E-state index in [-0.39, 0.29) is 98.1 Å². The zero-order valence-electron chi connectivity index (χ0n) is 29.3. The molecule has 0 heterocycles. The molecule has 6 aromatic carbocycles. The van der Waals surface area contributed by atoms with Crippen molar-refractivity contribution >= 4 is 92.0 Å². The van der Waals surface area contributed by atoms with Gasteiger partial charge in [0.05, 0.1) is 22.3 Å². The van der Waals surface area contributed by atoms with E-state index >= 15 is 0 Å². The summed E-state index contributed by atoms with van der Waals surface area (Å²) in [6.07, 6.45) is 0. The van der Waals surface area contributed by atoms with E-state index < -0.39 is 29.8 Å². The zero-order valence-corrected chi connectivity index (χ0v) is 32.4. The summed E-state index contributed by atoms with van der Waals surface area (Å²) in [6, 6.07) is 33.9. The summed E-state index contributed by atoms with van der Waals surface area (Å²) < 4.78 is 0. The minimum Gasteiger partial charge on any atom is -0.508 e. The van der Waals surface area contributed by atoms with E-state index in [4.69, 9.17) is 45.6 Å². The Labute approximate surface area is 357 Å². The number of aromatic carboxylic acids is 4. The number of carbonyl (C=O) groups is 5. The molecule has 0 atom stereocenters. The number of rotatable bonds is 5. The van der Waals surface area contributed by atoms with Gasteiger partial charge in [-0.3, -0.25) is 4.79 Å². The first-order valence-corrected chi connectivity index (χ1v) is 15.3. The molecule has 0 saturated heterocycles. The largest absolute Gasteiger partial charge is 0.508 e. The van der Waals surface area contributed by atoms with E-state index in [0.717, 1.165) is 28.8 Å². The molecule has 55 heavy (non-hydrogen) atoms. The maximum Gasteiger partial charge on any atom is 0.335 e. The van der Waals surface area contributed by atoms with Crippen molar-refractivity contribution in [3.05, 3.63) is 156 Å². The Hall–Kier alpha value is -6.23. The maximum atomic E-state index is 10.7. The summed E-state index contributed by atoms with van der Waals surface area (Å²) in [6.45, 7) is 1.08. The minimum atomic E-state index is -1.06. The second-order valence-corrected chi connectivity index (χ2v) is 10.7. The Morgan fingerprint density at radius 2 is 0.600 bits per heavy atom. The van der Waals surface area contributed by atoms with Gasteiger partial charge in [-0.05, 0) is 119 Å². The number of phenols is 4. The molecule has 0 amide bonds. The standard InChI is InChI=1S/C12H10O2.C11H8O3.C8H6O4.C7H6O3.C2H4O2.K.H2/c13-11-5-1-9(2-6-11)10-3-7-12(14)8-4-10;12-10-4-3-7-5-9(11(13)14)2-1-8(7)6-10;9-7(10)5-1-2-6(4-3-5)8(11)12;8-6-3-1-5(2-4-6)7(9)10;1-2(3)4;;/h1-8,13-14H;1-6,12H,(H,13,14);1-4H,(H,9,10)(H,11,12);1-4,8H,(H,9,10);1H3,(H,3,4);;1H. The molecule has 0 unspecified atom stereocenters. The average molecular weight is 780 g/mol. The van der Waals surface area contributed by atoms with Gasteiger partial charge in [-0.15, -0.1) is 0 Å². The number of aliphatic carboxylic acids is 1. The summed E-state index contributed by atoms with van der Waals surface area (Å²) >= 11 is 0. The molecule has 281 valence electrons. The normalized spacial score (nSPS) is 9.33. The number of hydrogen-bond donors (Lipinski definition) is 9. The number of carboxylic acid groups (broad SMARTS) is 5. The SMILES string of the molecule is CC(=O)O.O=C(O)c1ccc(C(=O)O)cc1.O=C(O)c1ccc(O)cc1.O=C(O)c1ccc2cc(O)ccc2c1.Oc1ccc(-c2ccc(O)cc2)cc1.[HH].[K]. The van der Waals surface area contributed by atoms with Gasteiger partial charge in [-0.25, -0.2) is 19.2 Å². The number of hydrogen-bond acceptors (Lipinski definition) is 9. The Kier molecular flexibility index (Phi) is 19.9. The van der Waals surface area contributed by atoms with Crippen molar-refractivity contribution in [1.82, 2.24) is 0 Å². The summed E-state index contributed by atoms with van der Waals surface area (Å²) in [4.78, 5) is 50.6. The molecule has 0 bridgehead atoms. The van der Waals surface area contributed by atoms with Gasteiger partial charge in [0.25, 0.3) is 5.97 Å². The van der Waals surface area contributed by atoms with Gasteiger partial charge < -0.3 is 46.0 Å². The number of fused-ring (bicyclic) bond motifs is 1. The van der Waals surface area contributed by atoms with Gasteiger partial charge >= 0.3 is 23.9 Å². The first-order chi connectivity index (χ1) is 25.5. The topological polar surface area (TPSA) is 267 Å². The van der Waals surface area contributed by atoms with Crippen LogP contribution in [0.2, 0.25) is 0 Å². The molecule has 6 rings (SSSR count).